The minimum absolute atomic E-state index is 0.144. The second-order valence-corrected chi connectivity index (χ2v) is 4.63. The Balaban J connectivity index is 1.97. The van der Waals surface area contributed by atoms with E-state index in [0.29, 0.717) is 11.1 Å². The minimum atomic E-state index is -0.144. The van der Waals surface area contributed by atoms with Gasteiger partial charge in [-0.15, -0.1) is 0 Å². The van der Waals surface area contributed by atoms with Gasteiger partial charge >= 0.3 is 0 Å². The number of nitrogens with zero attached hydrogens (tertiary/aromatic N) is 3. The highest BCUT2D eigenvalue weighted by atomic mass is 16.1. The Morgan fingerprint density at radius 1 is 1.50 bits per heavy atom. The SMILES string of the molecule is CN1CCC(NC(=O)c2cncc(C#N)c2)CC1. The Bertz CT molecular complexity index is 472. The van der Waals surface area contributed by atoms with Gasteiger partial charge in [0.05, 0.1) is 11.1 Å². The van der Waals surface area contributed by atoms with Crippen LogP contribution in [-0.2, 0) is 0 Å². The molecule has 5 nitrogen and oxygen atoms in total. The number of hydrogen-bond donors (Lipinski definition) is 1. The van der Waals surface area contributed by atoms with Gasteiger partial charge in [0.15, 0.2) is 0 Å². The lowest BCUT2D eigenvalue weighted by Crippen LogP contribution is -2.43. The summed E-state index contributed by atoms with van der Waals surface area (Å²) in [7, 11) is 2.08. The second-order valence-electron chi connectivity index (χ2n) is 4.63. The van der Waals surface area contributed by atoms with Gasteiger partial charge < -0.3 is 10.2 Å². The zero-order valence-electron chi connectivity index (χ0n) is 10.4. The van der Waals surface area contributed by atoms with Crippen molar-refractivity contribution in [2.24, 2.45) is 0 Å². The lowest BCUT2D eigenvalue weighted by atomic mass is 10.1. The molecule has 0 atom stereocenters. The molecule has 5 heteroatoms. The molecular formula is C13H16N4O. The highest BCUT2D eigenvalue weighted by Crippen LogP contribution is 2.09. The number of nitriles is 1. The predicted octanol–water partition coefficient (Wildman–Crippen LogP) is 0.777. The first-order valence-corrected chi connectivity index (χ1v) is 6.03. The lowest BCUT2D eigenvalue weighted by Gasteiger charge is -2.29. The molecule has 0 aliphatic carbocycles. The van der Waals surface area contributed by atoms with E-state index in [1.165, 1.54) is 12.4 Å². The van der Waals surface area contributed by atoms with Crippen molar-refractivity contribution in [1.82, 2.24) is 15.2 Å². The van der Waals surface area contributed by atoms with E-state index in [1.54, 1.807) is 6.07 Å². The van der Waals surface area contributed by atoms with Crippen molar-refractivity contribution in [1.29, 1.82) is 5.26 Å². The highest BCUT2D eigenvalue weighted by Gasteiger charge is 2.19. The lowest BCUT2D eigenvalue weighted by molar-refractivity contribution is 0.0916. The van der Waals surface area contributed by atoms with E-state index < -0.39 is 0 Å². The van der Waals surface area contributed by atoms with E-state index in [4.69, 9.17) is 5.26 Å². The van der Waals surface area contributed by atoms with Crippen LogP contribution in [0.4, 0.5) is 0 Å². The average molecular weight is 244 g/mol. The van der Waals surface area contributed by atoms with Crippen LogP contribution in [0.5, 0.6) is 0 Å². The van der Waals surface area contributed by atoms with Crippen molar-refractivity contribution < 1.29 is 4.79 Å². The van der Waals surface area contributed by atoms with Crippen molar-refractivity contribution in [3.8, 4) is 6.07 Å². The van der Waals surface area contributed by atoms with Gasteiger partial charge in [-0.05, 0) is 39.0 Å². The number of amides is 1. The molecular weight excluding hydrogens is 228 g/mol. The Kier molecular flexibility index (Phi) is 3.90. The van der Waals surface area contributed by atoms with Crippen LogP contribution < -0.4 is 5.32 Å². The Morgan fingerprint density at radius 3 is 2.89 bits per heavy atom. The Labute approximate surface area is 106 Å². The number of piperidine rings is 1. The van der Waals surface area contributed by atoms with Crippen LogP contribution in [0.3, 0.4) is 0 Å². The van der Waals surface area contributed by atoms with Crippen molar-refractivity contribution in [2.75, 3.05) is 20.1 Å². The number of likely N-dealkylation sites (tertiary alicyclic amines) is 1. The quantitative estimate of drug-likeness (QED) is 0.834. The summed E-state index contributed by atoms with van der Waals surface area (Å²) in [6.45, 7) is 2.00. The molecule has 1 saturated heterocycles. The van der Waals surface area contributed by atoms with Gasteiger partial charge in [0.2, 0.25) is 0 Å². The Hall–Kier alpha value is -1.93. The van der Waals surface area contributed by atoms with E-state index in [1.807, 2.05) is 6.07 Å². The topological polar surface area (TPSA) is 69.0 Å². The summed E-state index contributed by atoms with van der Waals surface area (Å²) in [6, 6.07) is 3.77. The monoisotopic (exact) mass is 244 g/mol. The molecule has 1 aliphatic rings. The number of aromatic nitrogens is 1. The zero-order valence-corrected chi connectivity index (χ0v) is 10.4. The van der Waals surface area contributed by atoms with Crippen LogP contribution in [-0.4, -0.2) is 42.0 Å². The number of carbonyl (C=O) groups is 1. The number of pyridine rings is 1. The van der Waals surface area contributed by atoms with E-state index in [-0.39, 0.29) is 11.9 Å². The normalized spacial score (nSPS) is 17.1. The number of nitrogens with one attached hydrogen (secondary N) is 1. The summed E-state index contributed by atoms with van der Waals surface area (Å²) in [5.74, 6) is -0.144. The molecule has 1 amide bonds. The van der Waals surface area contributed by atoms with Crippen LogP contribution in [0.1, 0.15) is 28.8 Å². The molecule has 0 radical (unpaired) electrons. The van der Waals surface area contributed by atoms with E-state index >= 15 is 0 Å². The fraction of sp³-hybridized carbons (Fsp3) is 0.462. The van der Waals surface area contributed by atoms with Gasteiger partial charge in [0, 0.05) is 18.4 Å². The van der Waals surface area contributed by atoms with Gasteiger partial charge in [-0.2, -0.15) is 5.26 Å². The second kappa shape index (κ2) is 5.61. The minimum Gasteiger partial charge on any atom is -0.349 e. The van der Waals surface area contributed by atoms with Gasteiger partial charge in [-0.25, -0.2) is 0 Å². The molecule has 0 bridgehead atoms. The molecule has 94 valence electrons. The standard InChI is InChI=1S/C13H16N4O/c1-17-4-2-12(3-5-17)16-13(18)11-6-10(7-14)8-15-9-11/h6,8-9,12H,2-5H2,1H3,(H,16,18). The van der Waals surface area contributed by atoms with Crippen molar-refractivity contribution in [2.45, 2.75) is 18.9 Å². The smallest absolute Gasteiger partial charge is 0.253 e. The van der Waals surface area contributed by atoms with E-state index in [2.05, 4.69) is 22.2 Å². The van der Waals surface area contributed by atoms with Crippen LogP contribution in [0, 0.1) is 11.3 Å². The van der Waals surface area contributed by atoms with Gasteiger partial charge in [-0.3, -0.25) is 9.78 Å². The highest BCUT2D eigenvalue weighted by molar-refractivity contribution is 5.94. The van der Waals surface area contributed by atoms with Crippen LogP contribution in [0.2, 0.25) is 0 Å². The molecule has 1 fully saturated rings. The molecule has 0 aromatic carbocycles. The predicted molar refractivity (Wildman–Crippen MR) is 66.9 cm³/mol. The molecule has 1 N–H and O–H groups in total. The maximum Gasteiger partial charge on any atom is 0.253 e. The van der Waals surface area contributed by atoms with Gasteiger partial charge in [0.25, 0.3) is 5.91 Å². The van der Waals surface area contributed by atoms with E-state index in [9.17, 15) is 4.79 Å². The summed E-state index contributed by atoms with van der Waals surface area (Å²) in [5.41, 5.74) is 0.860. The van der Waals surface area contributed by atoms with Crippen molar-refractivity contribution >= 4 is 5.91 Å². The van der Waals surface area contributed by atoms with Crippen molar-refractivity contribution in [3.63, 3.8) is 0 Å². The molecule has 0 unspecified atom stereocenters. The molecule has 1 aliphatic heterocycles. The van der Waals surface area contributed by atoms with Gasteiger partial charge in [0.1, 0.15) is 6.07 Å². The van der Waals surface area contributed by atoms with Gasteiger partial charge in [-0.1, -0.05) is 0 Å². The zero-order chi connectivity index (χ0) is 13.0. The summed E-state index contributed by atoms with van der Waals surface area (Å²) in [4.78, 5) is 18.1. The number of carbonyl (C=O) groups excluding carboxylic acids is 1. The summed E-state index contributed by atoms with van der Waals surface area (Å²) in [5, 5.41) is 11.8. The maximum absolute atomic E-state index is 12.0. The average Bonchev–Trinajstić information content (AvgIpc) is 2.41. The fourth-order valence-corrected chi connectivity index (χ4v) is 2.05. The molecule has 1 aromatic heterocycles. The summed E-state index contributed by atoms with van der Waals surface area (Å²) < 4.78 is 0. The molecule has 1 aromatic rings. The first-order valence-electron chi connectivity index (χ1n) is 6.03. The number of hydrogen-bond acceptors (Lipinski definition) is 4. The first kappa shape index (κ1) is 12.5. The maximum atomic E-state index is 12.0. The van der Waals surface area contributed by atoms with Crippen LogP contribution >= 0.6 is 0 Å². The van der Waals surface area contributed by atoms with E-state index in [0.717, 1.165) is 25.9 Å². The Morgan fingerprint density at radius 2 is 2.22 bits per heavy atom. The third-order valence-corrected chi connectivity index (χ3v) is 3.18. The summed E-state index contributed by atoms with van der Waals surface area (Å²) >= 11 is 0. The molecule has 2 heterocycles. The van der Waals surface area contributed by atoms with Crippen LogP contribution in [0.15, 0.2) is 18.5 Å². The third kappa shape index (κ3) is 3.05. The van der Waals surface area contributed by atoms with Crippen molar-refractivity contribution in [3.05, 3.63) is 29.6 Å². The fourth-order valence-electron chi connectivity index (χ4n) is 2.05. The largest absolute Gasteiger partial charge is 0.349 e. The molecule has 0 spiro atoms. The summed E-state index contributed by atoms with van der Waals surface area (Å²) in [6.07, 6.45) is 4.87. The van der Waals surface area contributed by atoms with Crippen LogP contribution in [0.25, 0.3) is 0 Å². The molecule has 2 rings (SSSR count). The first-order chi connectivity index (χ1) is 8.69. The molecule has 18 heavy (non-hydrogen) atoms. The number of rotatable bonds is 2. The third-order valence-electron chi connectivity index (χ3n) is 3.18. The molecule has 0 saturated carbocycles.